The molecule has 0 amide bonds. The fraction of sp³-hybridized carbons (Fsp3) is 0. The monoisotopic (exact) mass is 297 g/mol. The maximum absolute atomic E-state index is 12.0. The number of carbonyl (C=O) groups excluding carboxylic acids is 1. The number of nitrogens with zero attached hydrogens (tertiary/aromatic N) is 4. The van der Waals surface area contributed by atoms with E-state index in [1.165, 1.54) is 4.68 Å². The van der Waals surface area contributed by atoms with E-state index >= 15 is 0 Å². The zero-order valence-corrected chi connectivity index (χ0v) is 11.5. The van der Waals surface area contributed by atoms with E-state index in [2.05, 4.69) is 15.5 Å². The topological polar surface area (TPSA) is 69.9 Å². The minimum atomic E-state index is -0.428. The summed E-state index contributed by atoms with van der Waals surface area (Å²) >= 11 is 4.97. The van der Waals surface area contributed by atoms with Gasteiger partial charge in [0.25, 0.3) is 0 Å². The number of esters is 1. The molecule has 0 aliphatic heterocycles. The first-order valence-electron chi connectivity index (χ1n) is 6.07. The summed E-state index contributed by atoms with van der Waals surface area (Å²) in [6.07, 6.45) is 0. The number of benzene rings is 2. The van der Waals surface area contributed by atoms with Crippen molar-refractivity contribution >= 4 is 18.6 Å². The molecule has 3 aromatic rings. The lowest BCUT2D eigenvalue weighted by Gasteiger charge is -2.05. The van der Waals surface area contributed by atoms with Gasteiger partial charge in [0.15, 0.2) is 0 Å². The summed E-state index contributed by atoms with van der Waals surface area (Å²) in [5.41, 5.74) is 1.11. The molecule has 0 aliphatic rings. The molecule has 1 aromatic heterocycles. The molecule has 6 nitrogen and oxygen atoms in total. The molecule has 0 saturated carbocycles. The van der Waals surface area contributed by atoms with Crippen LogP contribution in [0.25, 0.3) is 5.69 Å². The maximum Gasteiger partial charge on any atom is 0.343 e. The van der Waals surface area contributed by atoms with E-state index in [1.54, 1.807) is 48.5 Å². The Kier molecular flexibility index (Phi) is 3.57. The van der Waals surface area contributed by atoms with Crippen LogP contribution >= 0.6 is 12.6 Å². The number of ether oxygens (including phenoxy) is 1. The molecule has 0 aliphatic carbocycles. The molecule has 3 rings (SSSR count). The predicted molar refractivity (Wildman–Crippen MR) is 76.4 cm³/mol. The van der Waals surface area contributed by atoms with Crippen LogP contribution in [0.5, 0.6) is 5.75 Å². The Bertz CT molecular complexity index is 756. The van der Waals surface area contributed by atoms with E-state index in [9.17, 15) is 4.79 Å². The van der Waals surface area contributed by atoms with Gasteiger partial charge in [0.2, 0.25) is 5.16 Å². The minimum Gasteiger partial charge on any atom is -0.423 e. The molecule has 1 radical (unpaired) electrons. The van der Waals surface area contributed by atoms with Crippen molar-refractivity contribution in [3.8, 4) is 11.4 Å². The molecule has 0 N–H and O–H groups in total. The van der Waals surface area contributed by atoms with Crippen molar-refractivity contribution in [1.29, 1.82) is 0 Å². The van der Waals surface area contributed by atoms with Gasteiger partial charge in [-0.2, -0.15) is 4.68 Å². The summed E-state index contributed by atoms with van der Waals surface area (Å²) in [7, 11) is 0. The van der Waals surface area contributed by atoms with Gasteiger partial charge in [0.1, 0.15) is 5.75 Å². The third-order valence-electron chi connectivity index (χ3n) is 2.74. The SMILES string of the molecule is O=C(Oc1ccccc1)c1ccc(-n2nnnc2[S])cc1. The molecule has 1 heterocycles. The summed E-state index contributed by atoms with van der Waals surface area (Å²) in [6.45, 7) is 0. The average Bonchev–Trinajstić information content (AvgIpc) is 2.94. The first-order valence-corrected chi connectivity index (χ1v) is 6.48. The maximum atomic E-state index is 12.0. The summed E-state index contributed by atoms with van der Waals surface area (Å²) in [5.74, 6) is 0.0722. The molecule has 0 unspecified atom stereocenters. The molecule has 0 atom stereocenters. The first kappa shape index (κ1) is 13.2. The highest BCUT2D eigenvalue weighted by molar-refractivity contribution is 7.80. The normalized spacial score (nSPS) is 10.3. The lowest BCUT2D eigenvalue weighted by atomic mass is 10.2. The number of rotatable bonds is 3. The number of hydrogen-bond acceptors (Lipinski definition) is 5. The van der Waals surface area contributed by atoms with Crippen LogP contribution in [0.1, 0.15) is 10.4 Å². The van der Waals surface area contributed by atoms with Crippen molar-refractivity contribution in [1.82, 2.24) is 20.2 Å². The van der Waals surface area contributed by atoms with Crippen LogP contribution in [0.3, 0.4) is 0 Å². The lowest BCUT2D eigenvalue weighted by Crippen LogP contribution is -2.08. The molecule has 2 aromatic carbocycles. The molecule has 0 bridgehead atoms. The quantitative estimate of drug-likeness (QED) is 0.548. The van der Waals surface area contributed by atoms with Gasteiger partial charge in [0.05, 0.1) is 11.3 Å². The van der Waals surface area contributed by atoms with Gasteiger partial charge >= 0.3 is 5.97 Å². The van der Waals surface area contributed by atoms with Crippen molar-refractivity contribution in [2.75, 3.05) is 0 Å². The Morgan fingerprint density at radius 3 is 2.38 bits per heavy atom. The molecular weight excluding hydrogens is 288 g/mol. The van der Waals surface area contributed by atoms with Crippen molar-refractivity contribution in [2.45, 2.75) is 5.16 Å². The minimum absolute atomic E-state index is 0.259. The first-order chi connectivity index (χ1) is 10.2. The Balaban J connectivity index is 1.78. The van der Waals surface area contributed by atoms with E-state index in [4.69, 9.17) is 17.4 Å². The predicted octanol–water partition coefficient (Wildman–Crippen LogP) is 2.44. The van der Waals surface area contributed by atoms with Crippen LogP contribution < -0.4 is 4.74 Å². The summed E-state index contributed by atoms with van der Waals surface area (Å²) < 4.78 is 6.65. The van der Waals surface area contributed by atoms with E-state index in [1.807, 2.05) is 6.07 Å². The van der Waals surface area contributed by atoms with Gasteiger partial charge in [-0.25, -0.2) is 4.79 Å². The molecule has 103 valence electrons. The number of tetrazole rings is 1. The summed E-state index contributed by atoms with van der Waals surface area (Å²) in [4.78, 5) is 12.0. The van der Waals surface area contributed by atoms with Crippen LogP contribution in [-0.4, -0.2) is 26.2 Å². The number of carbonyl (C=O) groups is 1. The second kappa shape index (κ2) is 5.68. The average molecular weight is 297 g/mol. The molecule has 21 heavy (non-hydrogen) atoms. The van der Waals surface area contributed by atoms with Crippen LogP contribution in [0.4, 0.5) is 0 Å². The molecule has 7 heteroatoms. The number of para-hydroxylation sites is 1. The highest BCUT2D eigenvalue weighted by Crippen LogP contribution is 2.15. The van der Waals surface area contributed by atoms with Gasteiger partial charge in [0, 0.05) is 0 Å². The van der Waals surface area contributed by atoms with E-state index in [0.29, 0.717) is 17.0 Å². The second-order valence-corrected chi connectivity index (χ2v) is 4.49. The van der Waals surface area contributed by atoms with Gasteiger partial charge in [-0.3, -0.25) is 0 Å². The van der Waals surface area contributed by atoms with Gasteiger partial charge in [-0.15, -0.1) is 0 Å². The highest BCUT2D eigenvalue weighted by Gasteiger charge is 2.10. The van der Waals surface area contributed by atoms with Crippen LogP contribution in [0.15, 0.2) is 59.8 Å². The van der Waals surface area contributed by atoms with Crippen LogP contribution in [-0.2, 0) is 0 Å². The Morgan fingerprint density at radius 2 is 1.76 bits per heavy atom. The number of aromatic nitrogens is 4. The highest BCUT2D eigenvalue weighted by atomic mass is 32.1. The van der Waals surface area contributed by atoms with Gasteiger partial charge < -0.3 is 4.74 Å². The Hall–Kier alpha value is -2.80. The third-order valence-corrected chi connectivity index (χ3v) is 3.00. The van der Waals surface area contributed by atoms with E-state index in [0.717, 1.165) is 0 Å². The molecular formula is C14H9N4O2S. The van der Waals surface area contributed by atoms with Crippen molar-refractivity contribution in [3.63, 3.8) is 0 Å². The smallest absolute Gasteiger partial charge is 0.343 e. The van der Waals surface area contributed by atoms with E-state index in [-0.39, 0.29) is 5.16 Å². The van der Waals surface area contributed by atoms with Crippen LogP contribution in [0, 0.1) is 0 Å². The second-order valence-electron chi connectivity index (χ2n) is 4.12. The summed E-state index contributed by atoms with van der Waals surface area (Å²) in [5, 5.41) is 11.1. The number of hydrogen-bond donors (Lipinski definition) is 0. The van der Waals surface area contributed by atoms with Gasteiger partial charge in [-0.1, -0.05) is 23.3 Å². The zero-order valence-electron chi connectivity index (χ0n) is 10.7. The van der Waals surface area contributed by atoms with Crippen molar-refractivity contribution in [2.24, 2.45) is 0 Å². The standard InChI is InChI=1S/C14H9N4O2S/c19-13(20-12-4-2-1-3-5-12)10-6-8-11(9-7-10)18-14(21)15-16-17-18/h1-9H. The molecule has 0 saturated heterocycles. The Morgan fingerprint density at radius 1 is 1.05 bits per heavy atom. The third kappa shape index (κ3) is 2.87. The Labute approximate surface area is 125 Å². The molecule has 0 spiro atoms. The zero-order chi connectivity index (χ0) is 14.7. The summed E-state index contributed by atoms with van der Waals surface area (Å²) in [6, 6.07) is 15.6. The van der Waals surface area contributed by atoms with E-state index < -0.39 is 5.97 Å². The van der Waals surface area contributed by atoms with Crippen molar-refractivity contribution < 1.29 is 9.53 Å². The fourth-order valence-corrected chi connectivity index (χ4v) is 1.91. The largest absolute Gasteiger partial charge is 0.423 e. The van der Waals surface area contributed by atoms with Crippen molar-refractivity contribution in [3.05, 3.63) is 60.2 Å². The lowest BCUT2D eigenvalue weighted by molar-refractivity contribution is 0.0735. The van der Waals surface area contributed by atoms with Gasteiger partial charge in [-0.05, 0) is 59.5 Å². The fourth-order valence-electron chi connectivity index (χ4n) is 1.73. The van der Waals surface area contributed by atoms with Crippen LogP contribution in [0.2, 0.25) is 0 Å². The molecule has 0 fully saturated rings.